The van der Waals surface area contributed by atoms with E-state index in [4.69, 9.17) is 0 Å². The summed E-state index contributed by atoms with van der Waals surface area (Å²) < 4.78 is 1.39. The van der Waals surface area contributed by atoms with Gasteiger partial charge in [0.05, 0.1) is 5.39 Å². The predicted molar refractivity (Wildman–Crippen MR) is 94.4 cm³/mol. The number of hydrogen-bond acceptors (Lipinski definition) is 4. The first-order chi connectivity index (χ1) is 12.1. The Balaban J connectivity index is 2.04. The van der Waals surface area contributed by atoms with E-state index in [-0.39, 0.29) is 29.5 Å². The summed E-state index contributed by atoms with van der Waals surface area (Å²) in [7, 11) is 0. The number of nitrogens with zero attached hydrogens (tertiary/aromatic N) is 3. The molecule has 1 aromatic carbocycles. The Hall–Kier alpha value is -2.70. The molecule has 0 bridgehead atoms. The minimum absolute atomic E-state index is 0.0546. The van der Waals surface area contributed by atoms with Crippen LogP contribution in [0, 0.1) is 0 Å². The van der Waals surface area contributed by atoms with Crippen molar-refractivity contribution in [1.82, 2.24) is 20.0 Å². The molecule has 0 saturated carbocycles. The third-order valence-electron chi connectivity index (χ3n) is 4.39. The van der Waals surface area contributed by atoms with Crippen molar-refractivity contribution in [3.8, 4) is 0 Å². The average molecular weight is 342 g/mol. The highest BCUT2D eigenvalue weighted by Crippen LogP contribution is 2.16. The molecule has 132 valence electrons. The molecule has 7 nitrogen and oxygen atoms in total. The van der Waals surface area contributed by atoms with Crippen LogP contribution in [-0.2, 0) is 11.3 Å². The first kappa shape index (κ1) is 17.1. The SMILES string of the molecule is CCCCn1nc(C(=O)N2CCNC(=O)CC2)c2ccccc2c1=O. The van der Waals surface area contributed by atoms with Gasteiger partial charge in [-0.05, 0) is 12.5 Å². The second-order valence-electron chi connectivity index (χ2n) is 6.17. The molecule has 0 spiro atoms. The van der Waals surface area contributed by atoms with E-state index in [1.165, 1.54) is 4.68 Å². The maximum Gasteiger partial charge on any atom is 0.275 e. The molecule has 3 rings (SSSR count). The molecule has 1 saturated heterocycles. The zero-order valence-electron chi connectivity index (χ0n) is 14.3. The third kappa shape index (κ3) is 3.55. The molecule has 1 fully saturated rings. The van der Waals surface area contributed by atoms with E-state index in [0.29, 0.717) is 37.0 Å². The molecule has 0 radical (unpaired) electrons. The smallest absolute Gasteiger partial charge is 0.275 e. The van der Waals surface area contributed by atoms with E-state index >= 15 is 0 Å². The molecule has 0 atom stereocenters. The number of fused-ring (bicyclic) bond motifs is 1. The Bertz CT molecular complexity index is 859. The maximum atomic E-state index is 13.0. The minimum atomic E-state index is -0.238. The Morgan fingerprint density at radius 1 is 1.20 bits per heavy atom. The fraction of sp³-hybridized carbons (Fsp3) is 0.444. The highest BCUT2D eigenvalue weighted by Gasteiger charge is 2.24. The summed E-state index contributed by atoms with van der Waals surface area (Å²) in [5, 5.41) is 8.19. The highest BCUT2D eigenvalue weighted by atomic mass is 16.2. The molecule has 2 heterocycles. The Labute approximate surface area is 145 Å². The number of carbonyl (C=O) groups excluding carboxylic acids is 2. The van der Waals surface area contributed by atoms with Gasteiger partial charge in [0.15, 0.2) is 5.69 Å². The summed E-state index contributed by atoms with van der Waals surface area (Å²) in [4.78, 5) is 38.8. The normalized spacial score (nSPS) is 15.1. The van der Waals surface area contributed by atoms with Gasteiger partial charge in [0.1, 0.15) is 0 Å². The van der Waals surface area contributed by atoms with E-state index in [0.717, 1.165) is 12.8 Å². The standard InChI is InChI=1S/C18H22N4O3/c1-2-3-10-22-17(24)14-7-5-4-6-13(14)16(20-22)18(25)21-11-8-15(23)19-9-12-21/h4-7H,2-3,8-12H2,1H3,(H,19,23). The molecule has 0 unspecified atom stereocenters. The van der Waals surface area contributed by atoms with Crippen LogP contribution in [0.15, 0.2) is 29.1 Å². The van der Waals surface area contributed by atoms with E-state index in [1.54, 1.807) is 29.2 Å². The van der Waals surface area contributed by atoms with Gasteiger partial charge in [0.25, 0.3) is 11.5 Å². The number of rotatable bonds is 4. The topological polar surface area (TPSA) is 84.3 Å². The molecule has 2 aromatic rings. The first-order valence-corrected chi connectivity index (χ1v) is 8.67. The maximum absolute atomic E-state index is 13.0. The monoisotopic (exact) mass is 342 g/mol. The van der Waals surface area contributed by atoms with Crippen molar-refractivity contribution in [2.45, 2.75) is 32.7 Å². The van der Waals surface area contributed by atoms with Gasteiger partial charge in [-0.25, -0.2) is 4.68 Å². The minimum Gasteiger partial charge on any atom is -0.354 e. The quantitative estimate of drug-likeness (QED) is 0.904. The van der Waals surface area contributed by atoms with Gasteiger partial charge in [-0.3, -0.25) is 14.4 Å². The molecular formula is C18H22N4O3. The number of unbranched alkanes of at least 4 members (excludes halogenated alkanes) is 1. The van der Waals surface area contributed by atoms with Crippen LogP contribution in [-0.4, -0.2) is 46.1 Å². The van der Waals surface area contributed by atoms with Crippen LogP contribution in [0.2, 0.25) is 0 Å². The van der Waals surface area contributed by atoms with Crippen molar-refractivity contribution in [3.63, 3.8) is 0 Å². The second-order valence-corrected chi connectivity index (χ2v) is 6.17. The third-order valence-corrected chi connectivity index (χ3v) is 4.39. The number of amides is 2. The van der Waals surface area contributed by atoms with Crippen molar-refractivity contribution in [3.05, 3.63) is 40.3 Å². The van der Waals surface area contributed by atoms with Crippen LogP contribution in [0.5, 0.6) is 0 Å². The molecule has 0 aliphatic carbocycles. The van der Waals surface area contributed by atoms with Crippen molar-refractivity contribution >= 4 is 22.6 Å². The fourth-order valence-corrected chi connectivity index (χ4v) is 2.97. The van der Waals surface area contributed by atoms with Crippen LogP contribution in [0.1, 0.15) is 36.7 Å². The van der Waals surface area contributed by atoms with Gasteiger partial charge in [0.2, 0.25) is 5.91 Å². The van der Waals surface area contributed by atoms with Crippen molar-refractivity contribution < 1.29 is 9.59 Å². The molecule has 1 N–H and O–H groups in total. The van der Waals surface area contributed by atoms with Gasteiger partial charge in [-0.1, -0.05) is 31.5 Å². The van der Waals surface area contributed by atoms with Crippen molar-refractivity contribution in [2.75, 3.05) is 19.6 Å². The van der Waals surface area contributed by atoms with Crippen LogP contribution >= 0.6 is 0 Å². The molecule has 1 aliphatic heterocycles. The van der Waals surface area contributed by atoms with Crippen LogP contribution in [0.4, 0.5) is 0 Å². The summed E-state index contributed by atoms with van der Waals surface area (Å²) >= 11 is 0. The van der Waals surface area contributed by atoms with Crippen molar-refractivity contribution in [2.24, 2.45) is 0 Å². The highest BCUT2D eigenvalue weighted by molar-refractivity contribution is 6.04. The summed E-state index contributed by atoms with van der Waals surface area (Å²) in [6.45, 7) is 3.75. The first-order valence-electron chi connectivity index (χ1n) is 8.67. The lowest BCUT2D eigenvalue weighted by molar-refractivity contribution is -0.120. The fourth-order valence-electron chi connectivity index (χ4n) is 2.97. The zero-order chi connectivity index (χ0) is 17.8. The van der Waals surface area contributed by atoms with Gasteiger partial charge in [-0.15, -0.1) is 0 Å². The van der Waals surface area contributed by atoms with Crippen LogP contribution in [0.3, 0.4) is 0 Å². The van der Waals surface area contributed by atoms with Gasteiger partial charge in [0, 0.05) is 38.0 Å². The summed E-state index contributed by atoms with van der Waals surface area (Å²) in [6.07, 6.45) is 2.03. The van der Waals surface area contributed by atoms with E-state index in [9.17, 15) is 14.4 Å². The van der Waals surface area contributed by atoms with Gasteiger partial charge < -0.3 is 10.2 Å². The molecule has 1 aromatic heterocycles. The number of aryl methyl sites for hydroxylation is 1. The Kier molecular flexibility index (Phi) is 5.11. The second kappa shape index (κ2) is 7.46. The lowest BCUT2D eigenvalue weighted by Gasteiger charge is -2.20. The lowest BCUT2D eigenvalue weighted by Crippen LogP contribution is -2.36. The number of hydrogen-bond donors (Lipinski definition) is 1. The van der Waals surface area contributed by atoms with Crippen LogP contribution in [0.25, 0.3) is 10.8 Å². The van der Waals surface area contributed by atoms with E-state index < -0.39 is 0 Å². The zero-order valence-corrected chi connectivity index (χ0v) is 14.3. The molecule has 1 aliphatic rings. The lowest BCUT2D eigenvalue weighted by atomic mass is 10.1. The van der Waals surface area contributed by atoms with Crippen molar-refractivity contribution in [1.29, 1.82) is 0 Å². The molecule has 2 amide bonds. The number of carbonyl (C=O) groups is 2. The largest absolute Gasteiger partial charge is 0.354 e. The molecule has 25 heavy (non-hydrogen) atoms. The summed E-state index contributed by atoms with van der Waals surface area (Å²) in [6, 6.07) is 7.06. The summed E-state index contributed by atoms with van der Waals surface area (Å²) in [5.74, 6) is -0.293. The van der Waals surface area contributed by atoms with E-state index in [2.05, 4.69) is 10.4 Å². The van der Waals surface area contributed by atoms with E-state index in [1.807, 2.05) is 6.92 Å². The Morgan fingerprint density at radius 2 is 1.96 bits per heavy atom. The van der Waals surface area contributed by atoms with Gasteiger partial charge in [-0.2, -0.15) is 5.10 Å². The predicted octanol–water partition coefficient (Wildman–Crippen LogP) is 1.16. The van der Waals surface area contributed by atoms with Gasteiger partial charge >= 0.3 is 0 Å². The number of aromatic nitrogens is 2. The average Bonchev–Trinajstić information content (AvgIpc) is 2.85. The van der Waals surface area contributed by atoms with Crippen LogP contribution < -0.4 is 10.9 Å². The summed E-state index contributed by atoms with van der Waals surface area (Å²) in [5.41, 5.74) is 0.106. The number of nitrogens with one attached hydrogen (secondary N) is 1. The molecular weight excluding hydrogens is 320 g/mol. The molecule has 7 heteroatoms. The Morgan fingerprint density at radius 3 is 2.72 bits per heavy atom. The number of benzene rings is 1.